The molecular weight excluding hydrogens is 314 g/mol. The number of nitrogens with zero attached hydrogens (tertiary/aromatic N) is 1. The van der Waals surface area contributed by atoms with Crippen LogP contribution in [0.1, 0.15) is 25.5 Å². The van der Waals surface area contributed by atoms with Crippen molar-refractivity contribution in [1.29, 1.82) is 0 Å². The first-order chi connectivity index (χ1) is 11.2. The van der Waals surface area contributed by atoms with Crippen LogP contribution in [0.5, 0.6) is 0 Å². The van der Waals surface area contributed by atoms with E-state index in [0.29, 0.717) is 19.7 Å². The van der Waals surface area contributed by atoms with Crippen molar-refractivity contribution in [3.63, 3.8) is 0 Å². The highest BCUT2D eigenvalue weighted by atomic mass is 35.5. The number of amides is 1. The van der Waals surface area contributed by atoms with Gasteiger partial charge < -0.3 is 15.4 Å². The Bertz CT molecular complexity index is 502. The number of halogens is 1. The van der Waals surface area contributed by atoms with Crippen LogP contribution in [0, 0.1) is 0 Å². The SMILES string of the molecule is CCN(CC)C(CNC(=O)C1CNCCO1)c1ccccc1Cl. The maximum absolute atomic E-state index is 12.3. The Labute approximate surface area is 143 Å². The normalized spacial score (nSPS) is 19.6. The van der Waals surface area contributed by atoms with Crippen molar-refractivity contribution < 1.29 is 9.53 Å². The lowest BCUT2D eigenvalue weighted by Gasteiger charge is -2.31. The number of ether oxygens (including phenoxy) is 1. The summed E-state index contributed by atoms with van der Waals surface area (Å²) in [5.74, 6) is -0.0681. The first kappa shape index (κ1) is 18.2. The van der Waals surface area contributed by atoms with Gasteiger partial charge in [-0.3, -0.25) is 9.69 Å². The van der Waals surface area contributed by atoms with Crippen molar-refractivity contribution in [1.82, 2.24) is 15.5 Å². The summed E-state index contributed by atoms with van der Waals surface area (Å²) in [6.07, 6.45) is -0.410. The summed E-state index contributed by atoms with van der Waals surface area (Å²) in [5, 5.41) is 6.93. The average Bonchev–Trinajstić information content (AvgIpc) is 2.60. The number of rotatable bonds is 7. The largest absolute Gasteiger partial charge is 0.366 e. The molecule has 23 heavy (non-hydrogen) atoms. The third-order valence-electron chi connectivity index (χ3n) is 4.21. The second-order valence-corrected chi connectivity index (χ2v) is 5.97. The molecule has 1 aliphatic rings. The number of hydrogen-bond acceptors (Lipinski definition) is 4. The highest BCUT2D eigenvalue weighted by molar-refractivity contribution is 6.31. The van der Waals surface area contributed by atoms with Gasteiger partial charge in [0.1, 0.15) is 6.10 Å². The molecule has 1 heterocycles. The van der Waals surface area contributed by atoms with E-state index in [2.05, 4.69) is 29.4 Å². The molecule has 1 amide bonds. The molecule has 128 valence electrons. The molecule has 2 rings (SSSR count). The van der Waals surface area contributed by atoms with E-state index in [4.69, 9.17) is 16.3 Å². The monoisotopic (exact) mass is 339 g/mol. The Hall–Kier alpha value is -1.14. The van der Waals surface area contributed by atoms with Gasteiger partial charge in [-0.05, 0) is 24.7 Å². The van der Waals surface area contributed by atoms with E-state index >= 15 is 0 Å². The summed E-state index contributed by atoms with van der Waals surface area (Å²) >= 11 is 6.37. The van der Waals surface area contributed by atoms with Gasteiger partial charge in [-0.2, -0.15) is 0 Å². The molecular formula is C17H26ClN3O2. The van der Waals surface area contributed by atoms with Crippen molar-refractivity contribution in [2.24, 2.45) is 0 Å². The van der Waals surface area contributed by atoms with Crippen molar-refractivity contribution in [3.05, 3.63) is 34.9 Å². The molecule has 0 aromatic heterocycles. The Morgan fingerprint density at radius 3 is 2.78 bits per heavy atom. The quantitative estimate of drug-likeness (QED) is 0.795. The second kappa shape index (κ2) is 9.23. The fourth-order valence-electron chi connectivity index (χ4n) is 2.89. The smallest absolute Gasteiger partial charge is 0.250 e. The van der Waals surface area contributed by atoms with E-state index in [1.807, 2.05) is 24.3 Å². The molecule has 0 aliphatic carbocycles. The maximum atomic E-state index is 12.3. The summed E-state index contributed by atoms with van der Waals surface area (Å²) in [6.45, 7) is 8.46. The molecule has 0 spiro atoms. The minimum Gasteiger partial charge on any atom is -0.366 e. The molecule has 2 N–H and O–H groups in total. The van der Waals surface area contributed by atoms with Crippen LogP contribution in [0.2, 0.25) is 5.02 Å². The summed E-state index contributed by atoms with van der Waals surface area (Å²) in [4.78, 5) is 14.6. The number of likely N-dealkylation sites (N-methyl/N-ethyl adjacent to an activating group) is 1. The molecule has 1 fully saturated rings. The third-order valence-corrected chi connectivity index (χ3v) is 4.55. The molecule has 0 saturated carbocycles. The predicted octanol–water partition coefficient (Wildman–Crippen LogP) is 1.83. The van der Waals surface area contributed by atoms with Crippen LogP contribution >= 0.6 is 11.6 Å². The molecule has 0 radical (unpaired) electrons. The highest BCUT2D eigenvalue weighted by Crippen LogP contribution is 2.27. The van der Waals surface area contributed by atoms with Crippen molar-refractivity contribution >= 4 is 17.5 Å². The van der Waals surface area contributed by atoms with Gasteiger partial charge in [0.05, 0.1) is 12.6 Å². The van der Waals surface area contributed by atoms with Gasteiger partial charge in [0, 0.05) is 24.7 Å². The van der Waals surface area contributed by atoms with Crippen LogP contribution in [0.3, 0.4) is 0 Å². The summed E-state index contributed by atoms with van der Waals surface area (Å²) < 4.78 is 5.50. The molecule has 5 nitrogen and oxygen atoms in total. The molecule has 2 unspecified atom stereocenters. The van der Waals surface area contributed by atoms with Crippen LogP contribution in [0.15, 0.2) is 24.3 Å². The minimum absolute atomic E-state index is 0.0548. The third kappa shape index (κ3) is 4.91. The first-order valence-electron chi connectivity index (χ1n) is 8.25. The standard InChI is InChI=1S/C17H26ClN3O2/c1-3-21(4-2)15(13-7-5-6-8-14(13)18)11-20-17(22)16-12-19-9-10-23-16/h5-8,15-16,19H,3-4,9-12H2,1-2H3,(H,20,22). The summed E-state index contributed by atoms with van der Waals surface area (Å²) in [5.41, 5.74) is 1.04. The second-order valence-electron chi connectivity index (χ2n) is 5.57. The fourth-order valence-corrected chi connectivity index (χ4v) is 3.15. The Balaban J connectivity index is 2.05. The fraction of sp³-hybridized carbons (Fsp3) is 0.588. The lowest BCUT2D eigenvalue weighted by Crippen LogP contribution is -2.49. The van der Waals surface area contributed by atoms with Gasteiger partial charge in [0.2, 0.25) is 0 Å². The van der Waals surface area contributed by atoms with Gasteiger partial charge in [-0.1, -0.05) is 43.6 Å². The van der Waals surface area contributed by atoms with E-state index in [1.54, 1.807) is 0 Å². The lowest BCUT2D eigenvalue weighted by atomic mass is 10.0. The number of carbonyl (C=O) groups excluding carboxylic acids is 1. The minimum atomic E-state index is -0.410. The van der Waals surface area contributed by atoms with Gasteiger partial charge >= 0.3 is 0 Å². The van der Waals surface area contributed by atoms with E-state index < -0.39 is 6.10 Å². The lowest BCUT2D eigenvalue weighted by molar-refractivity contribution is -0.134. The molecule has 1 saturated heterocycles. The molecule has 0 bridgehead atoms. The topological polar surface area (TPSA) is 53.6 Å². The van der Waals surface area contributed by atoms with Crippen molar-refractivity contribution in [2.45, 2.75) is 26.0 Å². The highest BCUT2D eigenvalue weighted by Gasteiger charge is 2.25. The average molecular weight is 340 g/mol. The number of morpholine rings is 1. The van der Waals surface area contributed by atoms with Crippen LogP contribution in [-0.2, 0) is 9.53 Å². The molecule has 2 atom stereocenters. The number of nitrogens with one attached hydrogen (secondary N) is 2. The Kier molecular flexibility index (Phi) is 7.30. The summed E-state index contributed by atoms with van der Waals surface area (Å²) in [6, 6.07) is 7.87. The zero-order chi connectivity index (χ0) is 16.7. The van der Waals surface area contributed by atoms with E-state index in [9.17, 15) is 4.79 Å². The van der Waals surface area contributed by atoms with Crippen LogP contribution in [0.4, 0.5) is 0 Å². The van der Waals surface area contributed by atoms with Gasteiger partial charge in [0.15, 0.2) is 0 Å². The maximum Gasteiger partial charge on any atom is 0.250 e. The van der Waals surface area contributed by atoms with Crippen LogP contribution in [0.25, 0.3) is 0 Å². The van der Waals surface area contributed by atoms with Crippen LogP contribution < -0.4 is 10.6 Å². The van der Waals surface area contributed by atoms with Gasteiger partial charge in [0.25, 0.3) is 5.91 Å². The molecule has 1 aliphatic heterocycles. The van der Waals surface area contributed by atoms with E-state index in [-0.39, 0.29) is 11.9 Å². The van der Waals surface area contributed by atoms with Gasteiger partial charge in [-0.15, -0.1) is 0 Å². The molecule has 6 heteroatoms. The Morgan fingerprint density at radius 2 is 2.17 bits per heavy atom. The first-order valence-corrected chi connectivity index (χ1v) is 8.63. The van der Waals surface area contributed by atoms with E-state index in [1.165, 1.54) is 0 Å². The molecule has 1 aromatic rings. The van der Waals surface area contributed by atoms with Crippen LogP contribution in [-0.4, -0.2) is 56.2 Å². The number of hydrogen-bond donors (Lipinski definition) is 2. The van der Waals surface area contributed by atoms with Gasteiger partial charge in [-0.25, -0.2) is 0 Å². The van der Waals surface area contributed by atoms with E-state index in [0.717, 1.165) is 30.2 Å². The zero-order valence-corrected chi connectivity index (χ0v) is 14.6. The Morgan fingerprint density at radius 1 is 1.43 bits per heavy atom. The zero-order valence-electron chi connectivity index (χ0n) is 13.8. The van der Waals surface area contributed by atoms with Crippen molar-refractivity contribution in [3.8, 4) is 0 Å². The van der Waals surface area contributed by atoms with Crippen molar-refractivity contribution in [2.75, 3.05) is 39.3 Å². The number of benzene rings is 1. The predicted molar refractivity (Wildman–Crippen MR) is 92.7 cm³/mol. The number of carbonyl (C=O) groups is 1. The molecule has 1 aromatic carbocycles. The summed E-state index contributed by atoms with van der Waals surface area (Å²) in [7, 11) is 0.